The molecule has 0 radical (unpaired) electrons. The molecular formula is C7H17F2N2O3P. The van der Waals surface area contributed by atoms with Crippen LogP contribution in [0.25, 0.3) is 0 Å². The number of alkyl halides is 2. The van der Waals surface area contributed by atoms with Crippen LogP contribution in [0.4, 0.5) is 8.78 Å². The lowest BCUT2D eigenvalue weighted by Crippen LogP contribution is -2.25. The van der Waals surface area contributed by atoms with Crippen LogP contribution in [-0.2, 0) is 9.09 Å². The normalized spacial score (nSPS) is 17.7. The Labute approximate surface area is 87.2 Å². The Morgan fingerprint density at radius 3 is 2.40 bits per heavy atom. The van der Waals surface area contributed by atoms with Crippen molar-refractivity contribution in [3.05, 3.63) is 0 Å². The predicted octanol–water partition coefficient (Wildman–Crippen LogP) is 0.172. The third kappa shape index (κ3) is 5.53. The van der Waals surface area contributed by atoms with E-state index in [0.717, 1.165) is 0 Å². The fourth-order valence-corrected chi connectivity index (χ4v) is 2.30. The van der Waals surface area contributed by atoms with Crippen molar-refractivity contribution in [1.29, 1.82) is 0 Å². The second-order valence-corrected chi connectivity index (χ2v) is 5.60. The highest BCUT2D eigenvalue weighted by molar-refractivity contribution is 7.59. The van der Waals surface area contributed by atoms with E-state index in [1.165, 1.54) is 0 Å². The maximum absolute atomic E-state index is 12.4. The first kappa shape index (κ1) is 14.9. The molecule has 0 aromatic carbocycles. The minimum Gasteiger partial charge on any atom is -0.389 e. The van der Waals surface area contributed by atoms with Crippen LogP contribution >= 0.6 is 7.37 Å². The number of aliphatic hydroxyl groups is 1. The van der Waals surface area contributed by atoms with E-state index in [1.807, 2.05) is 0 Å². The van der Waals surface area contributed by atoms with Crippen LogP contribution in [0.3, 0.4) is 0 Å². The summed E-state index contributed by atoms with van der Waals surface area (Å²) in [5.74, 6) is 0. The van der Waals surface area contributed by atoms with Gasteiger partial charge in [-0.05, 0) is 13.0 Å². The highest BCUT2D eigenvalue weighted by atomic mass is 31.2. The third-order valence-corrected chi connectivity index (χ3v) is 3.85. The summed E-state index contributed by atoms with van der Waals surface area (Å²) in [6.45, 7) is -0.400. The molecule has 2 unspecified atom stereocenters. The van der Waals surface area contributed by atoms with Crippen LogP contribution in [0.5, 0.6) is 0 Å². The van der Waals surface area contributed by atoms with Gasteiger partial charge in [-0.3, -0.25) is 4.57 Å². The summed E-state index contributed by atoms with van der Waals surface area (Å²) >= 11 is 0. The van der Waals surface area contributed by atoms with Gasteiger partial charge < -0.3 is 21.1 Å². The lowest BCUT2D eigenvalue weighted by atomic mass is 10.4. The molecule has 0 rings (SSSR count). The molecule has 0 aliphatic rings. The van der Waals surface area contributed by atoms with Gasteiger partial charge in [-0.2, -0.15) is 8.78 Å². The molecule has 8 heteroatoms. The summed E-state index contributed by atoms with van der Waals surface area (Å²) in [6, 6.07) is 0. The standard InChI is InChI=1S/C7H17F2N2O3P/c8-7(9)15(13,3-1-2-10)14-5-6(12)4-11/h6-7,12H,1-5,10-11H2. The van der Waals surface area contributed by atoms with E-state index in [9.17, 15) is 13.3 Å². The second kappa shape index (κ2) is 7.24. The molecule has 92 valence electrons. The molecule has 15 heavy (non-hydrogen) atoms. The molecule has 0 aliphatic carbocycles. The monoisotopic (exact) mass is 246 g/mol. The van der Waals surface area contributed by atoms with E-state index >= 15 is 0 Å². The fourth-order valence-electron chi connectivity index (χ4n) is 0.810. The summed E-state index contributed by atoms with van der Waals surface area (Å²) < 4.78 is 40.9. The first-order valence-corrected chi connectivity index (χ1v) is 6.44. The zero-order valence-corrected chi connectivity index (χ0v) is 9.21. The maximum atomic E-state index is 12.4. The summed E-state index contributed by atoms with van der Waals surface area (Å²) in [7, 11) is -4.00. The fraction of sp³-hybridized carbons (Fsp3) is 1.00. The number of rotatable bonds is 8. The first-order valence-electron chi connectivity index (χ1n) is 4.56. The topological polar surface area (TPSA) is 98.6 Å². The van der Waals surface area contributed by atoms with E-state index in [4.69, 9.17) is 16.6 Å². The van der Waals surface area contributed by atoms with Crippen LogP contribution in [0.2, 0.25) is 0 Å². The molecule has 5 nitrogen and oxygen atoms in total. The molecule has 0 amide bonds. The van der Waals surface area contributed by atoms with Gasteiger partial charge in [0.25, 0.3) is 7.37 Å². The highest BCUT2D eigenvalue weighted by Gasteiger charge is 2.34. The zero-order valence-electron chi connectivity index (χ0n) is 8.31. The lowest BCUT2D eigenvalue weighted by Gasteiger charge is -2.18. The van der Waals surface area contributed by atoms with Crippen molar-refractivity contribution in [3.8, 4) is 0 Å². The van der Waals surface area contributed by atoms with Crippen LogP contribution in [0, 0.1) is 0 Å². The Hall–Kier alpha value is -0.0700. The number of hydrogen-bond acceptors (Lipinski definition) is 5. The molecule has 0 saturated heterocycles. The number of halogens is 2. The third-order valence-electron chi connectivity index (χ3n) is 1.73. The van der Waals surface area contributed by atoms with E-state index in [2.05, 4.69) is 4.52 Å². The molecule has 5 N–H and O–H groups in total. The van der Waals surface area contributed by atoms with Gasteiger partial charge in [0, 0.05) is 12.7 Å². The van der Waals surface area contributed by atoms with Gasteiger partial charge >= 0.3 is 6.17 Å². The van der Waals surface area contributed by atoms with E-state index in [-0.39, 0.29) is 25.7 Å². The van der Waals surface area contributed by atoms with Gasteiger partial charge in [0.05, 0.1) is 12.7 Å². The molecule has 0 spiro atoms. The van der Waals surface area contributed by atoms with Crippen molar-refractivity contribution < 1.29 is 23.0 Å². The molecule has 0 aromatic rings. The predicted molar refractivity (Wildman–Crippen MR) is 53.2 cm³/mol. The Kier molecular flexibility index (Phi) is 7.21. The molecule has 0 aliphatic heterocycles. The van der Waals surface area contributed by atoms with Crippen molar-refractivity contribution in [1.82, 2.24) is 0 Å². The van der Waals surface area contributed by atoms with Crippen molar-refractivity contribution in [2.45, 2.75) is 18.7 Å². The zero-order chi connectivity index (χ0) is 11.9. The van der Waals surface area contributed by atoms with Gasteiger partial charge in [0.15, 0.2) is 0 Å². The molecule has 0 aromatic heterocycles. The maximum Gasteiger partial charge on any atom is 0.312 e. The quantitative estimate of drug-likeness (QED) is 0.530. The van der Waals surface area contributed by atoms with Gasteiger partial charge in [0.2, 0.25) is 0 Å². The van der Waals surface area contributed by atoms with Crippen molar-refractivity contribution >= 4 is 7.37 Å². The van der Waals surface area contributed by atoms with Gasteiger partial charge in [-0.1, -0.05) is 0 Å². The van der Waals surface area contributed by atoms with Gasteiger partial charge in [0.1, 0.15) is 0 Å². The van der Waals surface area contributed by atoms with Crippen LogP contribution in [0.1, 0.15) is 6.42 Å². The van der Waals surface area contributed by atoms with Crippen LogP contribution in [-0.4, -0.2) is 43.2 Å². The SMILES string of the molecule is NCCCP(=O)(OCC(O)CN)C(F)F. The molecule has 0 heterocycles. The Bertz CT molecular complexity index is 218. The smallest absolute Gasteiger partial charge is 0.312 e. The molecule has 2 atom stereocenters. The lowest BCUT2D eigenvalue weighted by molar-refractivity contribution is 0.103. The van der Waals surface area contributed by atoms with Gasteiger partial charge in [-0.15, -0.1) is 0 Å². The van der Waals surface area contributed by atoms with E-state index in [1.54, 1.807) is 0 Å². The minimum absolute atomic E-state index is 0.125. The number of hydrogen-bond donors (Lipinski definition) is 3. The summed E-state index contributed by atoms with van der Waals surface area (Å²) in [4.78, 5) is 0. The average molecular weight is 246 g/mol. The summed E-state index contributed by atoms with van der Waals surface area (Å²) in [5.41, 5.74) is 10.2. The summed E-state index contributed by atoms with van der Waals surface area (Å²) in [5, 5.41) is 8.99. The van der Waals surface area contributed by atoms with E-state index < -0.39 is 26.2 Å². The van der Waals surface area contributed by atoms with Crippen molar-refractivity contribution in [3.63, 3.8) is 0 Å². The Morgan fingerprint density at radius 1 is 1.40 bits per heavy atom. The Morgan fingerprint density at radius 2 is 2.00 bits per heavy atom. The first-order chi connectivity index (χ1) is 6.96. The van der Waals surface area contributed by atoms with E-state index in [0.29, 0.717) is 0 Å². The molecular weight excluding hydrogens is 229 g/mol. The molecule has 0 saturated carbocycles. The van der Waals surface area contributed by atoms with Gasteiger partial charge in [-0.25, -0.2) is 0 Å². The Balaban J connectivity index is 4.19. The van der Waals surface area contributed by atoms with Crippen LogP contribution in [0.15, 0.2) is 0 Å². The van der Waals surface area contributed by atoms with Crippen LogP contribution < -0.4 is 11.5 Å². The minimum atomic E-state index is -4.00. The summed E-state index contributed by atoms with van der Waals surface area (Å²) in [6.07, 6.45) is -4.21. The second-order valence-electron chi connectivity index (χ2n) is 3.05. The number of nitrogens with two attached hydrogens (primary N) is 2. The largest absolute Gasteiger partial charge is 0.389 e. The number of aliphatic hydroxyl groups excluding tert-OH is 1. The van der Waals surface area contributed by atoms with Crippen molar-refractivity contribution in [2.75, 3.05) is 25.9 Å². The highest BCUT2D eigenvalue weighted by Crippen LogP contribution is 2.53. The molecule has 0 bridgehead atoms. The van der Waals surface area contributed by atoms with Crippen molar-refractivity contribution in [2.24, 2.45) is 11.5 Å². The molecule has 0 fully saturated rings. The average Bonchev–Trinajstić information content (AvgIpc) is 2.22.